The number of nitrogens with one attached hydrogen (secondary N) is 1. The van der Waals surface area contributed by atoms with Crippen LogP contribution < -0.4 is 16.0 Å². The number of azide groups is 1. The van der Waals surface area contributed by atoms with E-state index in [2.05, 4.69) is 28.2 Å². The van der Waals surface area contributed by atoms with Crippen molar-refractivity contribution < 1.29 is 60.7 Å². The molecule has 4 aromatic rings. The number of H-pyrrole nitrogens is 1. The molecule has 3 aromatic heterocycles. The van der Waals surface area contributed by atoms with Gasteiger partial charge in [-0.2, -0.15) is 8.62 Å². The van der Waals surface area contributed by atoms with Crippen LogP contribution in [-0.4, -0.2) is 63.2 Å². The Labute approximate surface area is 304 Å². The smallest absolute Gasteiger partial charge is 0.470 e. The van der Waals surface area contributed by atoms with Crippen LogP contribution in [0, 0.1) is 6.92 Å². The van der Waals surface area contributed by atoms with Gasteiger partial charge in [-0.25, -0.2) is 23.5 Å². The number of Topliss-reactive ketones (excluding diaryl/α,β-unsaturated/α-hetero) is 1. The number of ether oxygens (including phenoxy) is 2. The number of aromatic nitrogens is 4. The maximum atomic E-state index is 13.3. The molecule has 1 aromatic carbocycles. The van der Waals surface area contributed by atoms with Crippen molar-refractivity contribution in [2.45, 2.75) is 50.7 Å². The van der Waals surface area contributed by atoms with Crippen LogP contribution in [0.3, 0.4) is 0 Å². The van der Waals surface area contributed by atoms with Gasteiger partial charge in [0.15, 0.2) is 17.2 Å². The second kappa shape index (κ2) is 16.1. The molecule has 288 valence electrons. The van der Waals surface area contributed by atoms with Crippen LogP contribution >= 0.6 is 23.5 Å². The van der Waals surface area contributed by atoms with E-state index in [1.807, 2.05) is 72.7 Å². The summed E-state index contributed by atoms with van der Waals surface area (Å²) in [5, 5.41) is 3.42. The molecule has 0 spiro atoms. The first kappa shape index (κ1) is 40.7. The van der Waals surface area contributed by atoms with Gasteiger partial charge in [0.05, 0.1) is 24.4 Å². The number of ketones is 1. The van der Waals surface area contributed by atoms with Gasteiger partial charge in [0, 0.05) is 41.0 Å². The van der Waals surface area contributed by atoms with E-state index in [0.29, 0.717) is 23.7 Å². The van der Waals surface area contributed by atoms with Gasteiger partial charge in [0.1, 0.15) is 6.23 Å². The van der Waals surface area contributed by atoms with Crippen molar-refractivity contribution in [1.29, 1.82) is 0 Å². The third-order valence-electron chi connectivity index (χ3n) is 8.03. The molecule has 0 saturated carbocycles. The molecule has 5 heterocycles. The summed E-state index contributed by atoms with van der Waals surface area (Å²) in [5.41, 5.74) is 7.79. The maximum Gasteiger partial charge on any atom is 0.490 e. The number of carbonyl (C=O) groups is 1. The number of benzene rings is 1. The molecule has 22 nitrogen and oxygen atoms in total. The number of phosphoric ester groups is 1. The Bertz CT molecular complexity index is 2340. The Hall–Kier alpha value is -4.52. The van der Waals surface area contributed by atoms with Crippen LogP contribution in [0.1, 0.15) is 47.6 Å². The van der Waals surface area contributed by atoms with Crippen molar-refractivity contribution in [3.63, 3.8) is 0 Å². The second-order valence-corrected chi connectivity index (χ2v) is 16.0. The summed E-state index contributed by atoms with van der Waals surface area (Å²) in [6, 6.07) is 16.0. The summed E-state index contributed by atoms with van der Waals surface area (Å²) < 4.78 is 59.9. The highest BCUT2D eigenvalue weighted by Gasteiger charge is 2.46. The van der Waals surface area contributed by atoms with E-state index in [0.717, 1.165) is 10.1 Å². The molecule has 6 rings (SSSR count). The van der Waals surface area contributed by atoms with E-state index >= 15 is 0 Å². The number of aromatic amines is 1. The fourth-order valence-electron chi connectivity index (χ4n) is 5.66. The number of pyridine rings is 1. The zero-order chi connectivity index (χ0) is 39.5. The predicted molar refractivity (Wildman–Crippen MR) is 184 cm³/mol. The van der Waals surface area contributed by atoms with Crippen molar-refractivity contribution >= 4 is 29.3 Å². The average molecular weight is 812 g/mol. The van der Waals surface area contributed by atoms with E-state index in [1.54, 1.807) is 10.8 Å². The highest BCUT2D eigenvalue weighted by atomic mass is 31.3. The van der Waals surface area contributed by atoms with Crippen molar-refractivity contribution in [3.8, 4) is 11.6 Å². The highest BCUT2D eigenvalue weighted by molar-refractivity contribution is 7.66. The van der Waals surface area contributed by atoms with Crippen molar-refractivity contribution in [1.82, 2.24) is 19.1 Å². The fourth-order valence-corrected chi connectivity index (χ4v) is 8.69. The number of fused-ring (bicyclic) bond motifs is 3. The van der Waals surface area contributed by atoms with Crippen molar-refractivity contribution in [2.75, 3.05) is 6.61 Å². The Morgan fingerprint density at radius 1 is 1.04 bits per heavy atom. The third kappa shape index (κ3) is 9.22. The fraction of sp³-hybridized carbons (Fsp3) is 0.310. The van der Waals surface area contributed by atoms with Gasteiger partial charge in [-0.1, -0.05) is 42.4 Å². The summed E-state index contributed by atoms with van der Waals surface area (Å²) in [6.45, 7) is 2.52. The molecule has 0 radical (unpaired) electrons. The molecular formula is C29H32N7O15P3. The number of aryl methyl sites for hydroxylation is 1. The van der Waals surface area contributed by atoms with E-state index < -0.39 is 65.3 Å². The maximum absolute atomic E-state index is 13.3. The van der Waals surface area contributed by atoms with Crippen LogP contribution in [0.2, 0.25) is 0 Å². The van der Waals surface area contributed by atoms with E-state index in [1.165, 1.54) is 13.1 Å². The van der Waals surface area contributed by atoms with Crippen LogP contribution in [0.15, 0.2) is 87.9 Å². The minimum atomic E-state index is -5.70. The molecule has 5 N–H and O–H groups in total. The number of hydrogen-bond acceptors (Lipinski definition) is 13. The third-order valence-corrected chi connectivity index (χ3v) is 11.8. The highest BCUT2D eigenvalue weighted by Crippen LogP contribution is 2.66. The summed E-state index contributed by atoms with van der Waals surface area (Å²) in [6.07, 6.45) is 2.83. The lowest BCUT2D eigenvalue weighted by Crippen LogP contribution is -2.41. The first-order valence-corrected chi connectivity index (χ1v) is 20.1. The quantitative estimate of drug-likeness (QED) is 0.0620. The van der Waals surface area contributed by atoms with Gasteiger partial charge >= 0.3 is 29.2 Å². The predicted octanol–water partition coefficient (Wildman–Crippen LogP) is 3.91. The zero-order valence-corrected chi connectivity index (χ0v) is 30.8. The number of rotatable bonds is 11. The van der Waals surface area contributed by atoms with Crippen molar-refractivity contribution in [3.05, 3.63) is 121 Å². The minimum Gasteiger partial charge on any atom is -0.470 e. The first-order valence-electron chi connectivity index (χ1n) is 15.6. The summed E-state index contributed by atoms with van der Waals surface area (Å²) in [4.78, 5) is 81.5. The average Bonchev–Trinajstić information content (AvgIpc) is 3.72. The lowest BCUT2D eigenvalue weighted by Gasteiger charge is -2.31. The standard InChI is InChI=1S/C19H16N2O2.C10H16N5O13P3/c1-2-19(14-8-4-3-5-9-14)17(22)15-10-7-13-21(15)18-16(23-19)11-6-12-20-18;1-5-3-15(10(17)12-9(5)16)8-2-6(13-14-11)7(26-8)4-25-30(21,22)28-31(23,24)27-29(18,19)20/h3-13H,2H2,1H3;3,6-8H,2,4H2,1H3,(H,21,22)(H,23,24)(H,12,16,17)(H2,18,19,20)/t19-;6-,7+,8+/m10/s1. The van der Waals surface area contributed by atoms with Crippen LogP contribution in [-0.2, 0) is 37.2 Å². The molecule has 2 aliphatic heterocycles. The molecule has 0 amide bonds. The van der Waals surface area contributed by atoms with Gasteiger partial charge in [0.2, 0.25) is 5.78 Å². The number of phosphoric acid groups is 3. The number of nitrogens with zero attached hydrogens (tertiary/aromatic N) is 6. The summed E-state index contributed by atoms with van der Waals surface area (Å²) in [7, 11) is -16.7. The van der Waals surface area contributed by atoms with Crippen LogP contribution in [0.4, 0.5) is 0 Å². The molecule has 0 aliphatic carbocycles. The molecule has 1 fully saturated rings. The molecule has 25 heteroatoms. The zero-order valence-electron chi connectivity index (χ0n) is 28.1. The SMILES string of the molecule is CC[C@]1(c2ccccc2)Oc2cccnc2-n2cccc2C1=O.Cc1cn([C@H]2C[C@H](N=[N+]=[N-])[C@@H](COP(=O)(O)OP(=O)(O)OP(=O)(O)O)O2)c(=O)[nH]c1=O. The van der Waals surface area contributed by atoms with Gasteiger partial charge in [-0.05, 0) is 43.1 Å². The number of hydrogen-bond donors (Lipinski definition) is 5. The van der Waals surface area contributed by atoms with Gasteiger partial charge < -0.3 is 29.0 Å². The Morgan fingerprint density at radius 2 is 1.76 bits per heavy atom. The monoisotopic (exact) mass is 811 g/mol. The first-order chi connectivity index (χ1) is 25.4. The lowest BCUT2D eigenvalue weighted by molar-refractivity contribution is -0.0267. The van der Waals surface area contributed by atoms with E-state index in [4.69, 9.17) is 29.7 Å². The van der Waals surface area contributed by atoms with E-state index in [-0.39, 0.29) is 17.8 Å². The molecule has 2 aliphatic rings. The summed E-state index contributed by atoms with van der Waals surface area (Å²) >= 11 is 0. The summed E-state index contributed by atoms with van der Waals surface area (Å²) in [5.74, 6) is 1.21. The van der Waals surface area contributed by atoms with Gasteiger partial charge in [-0.3, -0.25) is 28.2 Å². The molecule has 1 saturated heterocycles. The Kier molecular flexibility index (Phi) is 12.1. The topological polar surface area (TPSA) is 317 Å². The Morgan fingerprint density at radius 3 is 2.43 bits per heavy atom. The van der Waals surface area contributed by atoms with Gasteiger partial charge in [-0.15, -0.1) is 0 Å². The molecule has 54 heavy (non-hydrogen) atoms. The normalized spacial score (nSPS) is 22.9. The molecule has 0 bridgehead atoms. The molecule has 6 atom stereocenters. The molecular weight excluding hydrogens is 779 g/mol. The van der Waals surface area contributed by atoms with Gasteiger partial charge in [0.25, 0.3) is 5.56 Å². The lowest BCUT2D eigenvalue weighted by atomic mass is 9.85. The van der Waals surface area contributed by atoms with Crippen LogP contribution in [0.25, 0.3) is 16.3 Å². The van der Waals surface area contributed by atoms with Crippen LogP contribution in [0.5, 0.6) is 5.75 Å². The second-order valence-electron chi connectivity index (χ2n) is 11.6. The largest absolute Gasteiger partial charge is 0.490 e. The minimum absolute atomic E-state index is 0.0470. The van der Waals surface area contributed by atoms with Crippen molar-refractivity contribution in [2.24, 2.45) is 5.11 Å². The van der Waals surface area contributed by atoms with E-state index in [9.17, 15) is 33.0 Å². The molecule has 2 unspecified atom stereocenters. The Balaban J connectivity index is 0.000000216. The number of carbonyl (C=O) groups excluding carboxylic acids is 1.